The standard InChI is InChI=1S/C22H28N4O2S/c1-17(24-19-9-5-6-10-20(19)29-16-21(23)27)22(28)26-13-11-25(12-14-26)15-18-7-3-2-4-8-18/h2-10,17,24H,11-16H2,1H3,(H2,23,27)/p+1/t17-/m1/s1. The molecular formula is C22H29N4O2S+. The van der Waals surface area contributed by atoms with E-state index >= 15 is 0 Å². The maximum absolute atomic E-state index is 12.9. The Morgan fingerprint density at radius 2 is 1.76 bits per heavy atom. The minimum Gasteiger partial charge on any atom is -0.373 e. The monoisotopic (exact) mass is 413 g/mol. The molecule has 1 saturated heterocycles. The van der Waals surface area contributed by atoms with Crippen LogP contribution >= 0.6 is 11.8 Å². The van der Waals surface area contributed by atoms with Crippen LogP contribution in [0.15, 0.2) is 59.5 Å². The number of nitrogens with one attached hydrogen (secondary N) is 2. The molecule has 0 aromatic heterocycles. The van der Waals surface area contributed by atoms with Crippen molar-refractivity contribution in [3.63, 3.8) is 0 Å². The van der Waals surface area contributed by atoms with Crippen LogP contribution in [0, 0.1) is 0 Å². The Bertz CT molecular complexity index is 823. The molecule has 1 aliphatic rings. The topological polar surface area (TPSA) is 79.9 Å². The Labute approximate surface area is 176 Å². The fraction of sp³-hybridized carbons (Fsp3) is 0.364. The third kappa shape index (κ3) is 6.24. The highest BCUT2D eigenvalue weighted by molar-refractivity contribution is 8.00. The number of anilines is 1. The highest BCUT2D eigenvalue weighted by Crippen LogP contribution is 2.27. The Morgan fingerprint density at radius 1 is 1.10 bits per heavy atom. The molecule has 0 saturated carbocycles. The van der Waals surface area contributed by atoms with Gasteiger partial charge in [0, 0.05) is 16.1 Å². The van der Waals surface area contributed by atoms with Gasteiger partial charge in [-0.3, -0.25) is 9.59 Å². The van der Waals surface area contributed by atoms with Crippen molar-refractivity contribution < 1.29 is 14.5 Å². The molecule has 0 radical (unpaired) electrons. The number of quaternary nitrogens is 1. The number of hydrogen-bond donors (Lipinski definition) is 3. The highest BCUT2D eigenvalue weighted by atomic mass is 32.2. The van der Waals surface area contributed by atoms with E-state index in [9.17, 15) is 9.59 Å². The molecule has 29 heavy (non-hydrogen) atoms. The van der Waals surface area contributed by atoms with Gasteiger partial charge in [0.15, 0.2) is 0 Å². The van der Waals surface area contributed by atoms with Crippen molar-refractivity contribution in [2.24, 2.45) is 5.73 Å². The summed E-state index contributed by atoms with van der Waals surface area (Å²) in [4.78, 5) is 28.4. The van der Waals surface area contributed by atoms with Crippen molar-refractivity contribution in [1.29, 1.82) is 0 Å². The third-order valence-electron chi connectivity index (χ3n) is 5.08. The summed E-state index contributed by atoms with van der Waals surface area (Å²) in [6, 6.07) is 17.8. The predicted molar refractivity (Wildman–Crippen MR) is 117 cm³/mol. The van der Waals surface area contributed by atoms with Gasteiger partial charge in [-0.05, 0) is 19.1 Å². The van der Waals surface area contributed by atoms with Crippen molar-refractivity contribution in [2.45, 2.75) is 24.4 Å². The summed E-state index contributed by atoms with van der Waals surface area (Å²) in [6.45, 7) is 6.34. The SMILES string of the molecule is C[C@@H](Nc1ccccc1SCC(N)=O)C(=O)N1CC[NH+](Cc2ccccc2)CC1. The third-order valence-corrected chi connectivity index (χ3v) is 6.17. The summed E-state index contributed by atoms with van der Waals surface area (Å²) in [7, 11) is 0. The number of primary amides is 1. The van der Waals surface area contributed by atoms with Crippen LogP contribution in [0.25, 0.3) is 0 Å². The number of nitrogens with zero attached hydrogens (tertiary/aromatic N) is 1. The molecule has 0 unspecified atom stereocenters. The van der Waals surface area contributed by atoms with E-state index in [4.69, 9.17) is 5.73 Å². The van der Waals surface area contributed by atoms with E-state index in [0.717, 1.165) is 43.3 Å². The zero-order valence-corrected chi connectivity index (χ0v) is 17.6. The first-order chi connectivity index (χ1) is 14.0. The van der Waals surface area contributed by atoms with Crippen molar-refractivity contribution in [3.05, 3.63) is 60.2 Å². The second-order valence-corrected chi connectivity index (χ2v) is 8.37. The lowest BCUT2D eigenvalue weighted by Gasteiger charge is -2.34. The smallest absolute Gasteiger partial charge is 0.245 e. The van der Waals surface area contributed by atoms with Crippen LogP contribution in [-0.4, -0.2) is 54.7 Å². The largest absolute Gasteiger partial charge is 0.373 e. The van der Waals surface area contributed by atoms with Crippen LogP contribution in [0.2, 0.25) is 0 Å². The molecule has 1 heterocycles. The minimum absolute atomic E-state index is 0.110. The number of amides is 2. The van der Waals surface area contributed by atoms with E-state index in [2.05, 4.69) is 29.6 Å². The highest BCUT2D eigenvalue weighted by Gasteiger charge is 2.27. The first-order valence-electron chi connectivity index (χ1n) is 9.96. The van der Waals surface area contributed by atoms with Crippen molar-refractivity contribution in [2.75, 3.05) is 37.2 Å². The number of carbonyl (C=O) groups excluding carboxylic acids is 2. The number of piperazine rings is 1. The summed E-state index contributed by atoms with van der Waals surface area (Å²) < 4.78 is 0. The molecule has 2 amide bonds. The molecule has 6 nitrogen and oxygen atoms in total. The predicted octanol–water partition coefficient (Wildman–Crippen LogP) is 0.992. The fourth-order valence-electron chi connectivity index (χ4n) is 3.53. The number of nitrogens with two attached hydrogens (primary N) is 1. The Hall–Kier alpha value is -2.51. The van der Waals surface area contributed by atoms with Crippen molar-refractivity contribution in [1.82, 2.24) is 4.90 Å². The number of carbonyl (C=O) groups is 2. The number of thioether (sulfide) groups is 1. The van der Waals surface area contributed by atoms with E-state index in [0.29, 0.717) is 0 Å². The quantitative estimate of drug-likeness (QED) is 0.564. The molecule has 154 valence electrons. The molecule has 2 aromatic rings. The van der Waals surface area contributed by atoms with Gasteiger partial charge in [0.2, 0.25) is 11.8 Å². The van der Waals surface area contributed by atoms with Crippen LogP contribution in [0.5, 0.6) is 0 Å². The lowest BCUT2D eigenvalue weighted by Crippen LogP contribution is -3.13. The Morgan fingerprint density at radius 3 is 2.45 bits per heavy atom. The van der Waals surface area contributed by atoms with E-state index in [1.807, 2.05) is 42.2 Å². The lowest BCUT2D eigenvalue weighted by molar-refractivity contribution is -0.917. The first kappa shape index (κ1) is 21.2. The van der Waals surface area contributed by atoms with Gasteiger partial charge in [-0.1, -0.05) is 42.5 Å². The molecule has 1 fully saturated rings. The minimum atomic E-state index is -0.357. The molecule has 0 spiro atoms. The van der Waals surface area contributed by atoms with Crippen LogP contribution in [0.1, 0.15) is 12.5 Å². The van der Waals surface area contributed by atoms with E-state index in [-0.39, 0.29) is 23.6 Å². The van der Waals surface area contributed by atoms with Gasteiger partial charge >= 0.3 is 0 Å². The summed E-state index contributed by atoms with van der Waals surface area (Å²) in [5.41, 5.74) is 7.44. The summed E-state index contributed by atoms with van der Waals surface area (Å²) in [5.74, 6) is -0.0315. The van der Waals surface area contributed by atoms with Crippen LogP contribution in [0.4, 0.5) is 5.69 Å². The maximum atomic E-state index is 12.9. The normalized spacial score (nSPS) is 15.7. The molecule has 7 heteroatoms. The second-order valence-electron chi connectivity index (χ2n) is 7.35. The van der Waals surface area contributed by atoms with Gasteiger partial charge in [-0.25, -0.2) is 0 Å². The molecule has 1 aliphatic heterocycles. The number of hydrogen-bond acceptors (Lipinski definition) is 4. The number of rotatable bonds is 8. The number of benzene rings is 2. The van der Waals surface area contributed by atoms with E-state index in [1.165, 1.54) is 22.2 Å². The van der Waals surface area contributed by atoms with Gasteiger partial charge in [0.05, 0.1) is 31.9 Å². The lowest BCUT2D eigenvalue weighted by atomic mass is 10.2. The summed E-state index contributed by atoms with van der Waals surface area (Å²) in [6.07, 6.45) is 0. The second kappa shape index (κ2) is 10.3. The summed E-state index contributed by atoms with van der Waals surface area (Å²) >= 11 is 1.38. The van der Waals surface area contributed by atoms with Crippen LogP contribution in [-0.2, 0) is 16.1 Å². The van der Waals surface area contributed by atoms with Gasteiger partial charge in [-0.15, -0.1) is 11.8 Å². The van der Waals surface area contributed by atoms with E-state index < -0.39 is 0 Å². The van der Waals surface area contributed by atoms with Gasteiger partial charge in [0.1, 0.15) is 12.6 Å². The average Bonchev–Trinajstić information content (AvgIpc) is 2.74. The summed E-state index contributed by atoms with van der Waals surface area (Å²) in [5, 5.41) is 3.31. The molecule has 0 aliphatic carbocycles. The van der Waals surface area contributed by atoms with Crippen LogP contribution in [0.3, 0.4) is 0 Å². The molecule has 2 aromatic carbocycles. The van der Waals surface area contributed by atoms with Crippen molar-refractivity contribution in [3.8, 4) is 0 Å². The zero-order chi connectivity index (χ0) is 20.6. The average molecular weight is 414 g/mol. The van der Waals surface area contributed by atoms with Gasteiger partial charge in [-0.2, -0.15) is 0 Å². The number of para-hydroxylation sites is 1. The van der Waals surface area contributed by atoms with Crippen LogP contribution < -0.4 is 16.0 Å². The molecule has 3 rings (SSSR count). The Kier molecular flexibility index (Phi) is 7.55. The Balaban J connectivity index is 1.52. The van der Waals surface area contributed by atoms with Gasteiger partial charge in [0.25, 0.3) is 0 Å². The zero-order valence-electron chi connectivity index (χ0n) is 16.8. The first-order valence-corrected chi connectivity index (χ1v) is 10.9. The van der Waals surface area contributed by atoms with Crippen molar-refractivity contribution >= 4 is 29.3 Å². The maximum Gasteiger partial charge on any atom is 0.245 e. The molecular weight excluding hydrogens is 384 g/mol. The molecule has 4 N–H and O–H groups in total. The van der Waals surface area contributed by atoms with Gasteiger partial charge < -0.3 is 20.9 Å². The fourth-order valence-corrected chi connectivity index (χ4v) is 4.29. The van der Waals surface area contributed by atoms with E-state index in [1.54, 1.807) is 0 Å². The molecule has 0 bridgehead atoms. The molecule has 1 atom stereocenters.